The zero-order valence-corrected chi connectivity index (χ0v) is 14.3. The maximum Gasteiger partial charge on any atom is 0.233 e. The molecule has 0 saturated carbocycles. The van der Waals surface area contributed by atoms with E-state index >= 15 is 0 Å². The summed E-state index contributed by atoms with van der Waals surface area (Å²) in [6.07, 6.45) is 7.72. The highest BCUT2D eigenvalue weighted by molar-refractivity contribution is 5.53. The van der Waals surface area contributed by atoms with E-state index in [0.29, 0.717) is 18.7 Å². The molecular weight excluding hydrogens is 296 g/mol. The molecule has 0 radical (unpaired) electrons. The van der Waals surface area contributed by atoms with Gasteiger partial charge in [0.2, 0.25) is 6.41 Å². The van der Waals surface area contributed by atoms with E-state index in [2.05, 4.69) is 16.6 Å². The molecule has 0 N–H and O–H groups in total. The number of carbonyl (C=O) groups excluding carboxylic acids is 1. The molecule has 23 heavy (non-hydrogen) atoms. The Kier molecular flexibility index (Phi) is 8.07. The van der Waals surface area contributed by atoms with Crippen LogP contribution in [-0.4, -0.2) is 66.0 Å². The van der Waals surface area contributed by atoms with Crippen LogP contribution in [-0.2, 0) is 9.63 Å². The average molecular weight is 322 g/mol. The normalized spacial score (nSPS) is 17.6. The fraction of sp³-hybridized carbons (Fsp3) is 0.500. The molecule has 1 aromatic heterocycles. The number of nitrogens with zero attached hydrogens (tertiary/aromatic N) is 4. The van der Waals surface area contributed by atoms with Gasteiger partial charge >= 0.3 is 0 Å². The monoisotopic (exact) mass is 322 g/mol. The first-order valence-electron chi connectivity index (χ1n) is 7.63. The molecule has 1 aliphatic rings. The Hall–Kier alpha value is -2.12. The molecule has 1 aromatic rings. The molecule has 0 spiro atoms. The molecule has 128 valence electrons. The van der Waals surface area contributed by atoms with Gasteiger partial charge in [-0.1, -0.05) is 19.9 Å². The van der Waals surface area contributed by atoms with Gasteiger partial charge in [-0.2, -0.15) is 5.10 Å². The zero-order valence-electron chi connectivity index (χ0n) is 14.3. The minimum atomic E-state index is -0.175. The summed E-state index contributed by atoms with van der Waals surface area (Å²) in [7, 11) is 3.58. The van der Waals surface area contributed by atoms with Gasteiger partial charge in [-0.25, -0.2) is 9.75 Å². The van der Waals surface area contributed by atoms with Gasteiger partial charge in [0, 0.05) is 13.1 Å². The fourth-order valence-corrected chi connectivity index (χ4v) is 2.20. The van der Waals surface area contributed by atoms with E-state index in [9.17, 15) is 4.79 Å². The van der Waals surface area contributed by atoms with E-state index in [1.807, 2.05) is 27.0 Å². The summed E-state index contributed by atoms with van der Waals surface area (Å²) in [6, 6.07) is -0.175. The van der Waals surface area contributed by atoms with Gasteiger partial charge in [-0.15, -0.1) is 6.58 Å². The van der Waals surface area contributed by atoms with Gasteiger partial charge in [0.1, 0.15) is 0 Å². The topological polar surface area (TPSA) is 59.8 Å². The summed E-state index contributed by atoms with van der Waals surface area (Å²) in [5.41, 5.74) is 0.964. The van der Waals surface area contributed by atoms with Gasteiger partial charge in [0.25, 0.3) is 0 Å². The molecule has 0 aliphatic carbocycles. The minimum absolute atomic E-state index is 0.175. The highest BCUT2D eigenvalue weighted by Gasteiger charge is 2.24. The number of carbonyl (C=O) groups is 1. The number of amides is 1. The number of likely N-dealkylation sites (N-methyl/N-ethyl adjacent to an activating group) is 1. The smallest absolute Gasteiger partial charge is 0.233 e. The van der Waals surface area contributed by atoms with Crippen molar-refractivity contribution in [1.82, 2.24) is 19.7 Å². The van der Waals surface area contributed by atoms with Gasteiger partial charge in [0.05, 0.1) is 37.8 Å². The Balaban J connectivity index is 0.00000127. The van der Waals surface area contributed by atoms with Crippen LogP contribution in [0, 0.1) is 0 Å². The average Bonchev–Trinajstić information content (AvgIpc) is 3.06. The van der Waals surface area contributed by atoms with E-state index in [0.717, 1.165) is 12.2 Å². The molecule has 0 bridgehead atoms. The molecule has 1 amide bonds. The number of hydrogen-bond donors (Lipinski definition) is 0. The maximum atomic E-state index is 11.2. The summed E-state index contributed by atoms with van der Waals surface area (Å²) in [4.78, 5) is 18.6. The summed E-state index contributed by atoms with van der Waals surface area (Å²) in [5, 5.41) is 5.56. The van der Waals surface area contributed by atoms with Gasteiger partial charge in [-0.05, 0) is 13.1 Å². The molecule has 2 heterocycles. The molecule has 1 atom stereocenters. The first-order chi connectivity index (χ1) is 11.2. The van der Waals surface area contributed by atoms with Crippen LogP contribution in [0.2, 0.25) is 0 Å². The molecule has 7 heteroatoms. The number of hydrogen-bond acceptors (Lipinski definition) is 5. The summed E-state index contributed by atoms with van der Waals surface area (Å²) >= 11 is 0. The van der Waals surface area contributed by atoms with Crippen molar-refractivity contribution in [3.63, 3.8) is 0 Å². The van der Waals surface area contributed by atoms with Crippen LogP contribution >= 0.6 is 0 Å². The van der Waals surface area contributed by atoms with E-state index in [-0.39, 0.29) is 12.6 Å². The van der Waals surface area contributed by atoms with Crippen molar-refractivity contribution in [1.29, 1.82) is 0 Å². The Morgan fingerprint density at radius 1 is 1.52 bits per heavy atom. The molecule has 0 saturated heterocycles. The summed E-state index contributed by atoms with van der Waals surface area (Å²) in [5.74, 6) is 0.691. The Morgan fingerprint density at radius 2 is 2.26 bits per heavy atom. The molecule has 0 aromatic carbocycles. The third kappa shape index (κ3) is 5.22. The molecule has 0 fully saturated rings. The number of rotatable bonds is 7. The second-order valence-electron chi connectivity index (χ2n) is 4.80. The molecular formula is C16H26N4O3. The third-order valence-electron chi connectivity index (χ3n) is 3.18. The van der Waals surface area contributed by atoms with Crippen LogP contribution in [0.1, 0.15) is 13.8 Å². The van der Waals surface area contributed by atoms with E-state index in [4.69, 9.17) is 9.57 Å². The summed E-state index contributed by atoms with van der Waals surface area (Å²) < 4.78 is 6.88. The number of aromatic nitrogens is 2. The lowest BCUT2D eigenvalue weighted by Gasteiger charge is -2.33. The quantitative estimate of drug-likeness (QED) is 0.434. The first kappa shape index (κ1) is 18.9. The van der Waals surface area contributed by atoms with Crippen LogP contribution in [0.3, 0.4) is 0 Å². The number of ether oxygens (including phenoxy) is 1. The second kappa shape index (κ2) is 9.81. The lowest BCUT2D eigenvalue weighted by atomic mass is 10.1. The Morgan fingerprint density at radius 3 is 2.83 bits per heavy atom. The van der Waals surface area contributed by atoms with Gasteiger partial charge < -0.3 is 4.74 Å². The van der Waals surface area contributed by atoms with E-state index in [1.165, 1.54) is 5.06 Å². The standard InChI is InChI=1S/C14H20N4O3.C2H6/c1-4-5-21-18(11-19)13-6-12(8-16(2)9-13)17-10-14(20-3)7-15-17;1-2/h4,6-7,10-11,13H,1,5,8-9H2,2-3H3;1-2H3. The van der Waals surface area contributed by atoms with E-state index in [1.54, 1.807) is 30.3 Å². The van der Waals surface area contributed by atoms with Crippen molar-refractivity contribution < 1.29 is 14.4 Å². The largest absolute Gasteiger partial charge is 0.493 e. The van der Waals surface area contributed by atoms with Crippen molar-refractivity contribution in [2.75, 3.05) is 33.9 Å². The van der Waals surface area contributed by atoms with Gasteiger partial charge in [-0.3, -0.25) is 14.5 Å². The third-order valence-corrected chi connectivity index (χ3v) is 3.18. The molecule has 2 rings (SSSR count). The van der Waals surface area contributed by atoms with Crippen molar-refractivity contribution >= 4 is 12.1 Å². The molecule has 1 aliphatic heterocycles. The molecule has 1 unspecified atom stereocenters. The predicted molar refractivity (Wildman–Crippen MR) is 89.7 cm³/mol. The van der Waals surface area contributed by atoms with Crippen molar-refractivity contribution in [3.8, 4) is 5.75 Å². The second-order valence-corrected chi connectivity index (χ2v) is 4.80. The minimum Gasteiger partial charge on any atom is -0.493 e. The Bertz CT molecular complexity index is 527. The fourth-order valence-electron chi connectivity index (χ4n) is 2.20. The summed E-state index contributed by atoms with van der Waals surface area (Å²) in [6.45, 7) is 9.29. The lowest BCUT2D eigenvalue weighted by molar-refractivity contribution is -0.177. The van der Waals surface area contributed by atoms with Crippen molar-refractivity contribution in [2.45, 2.75) is 19.9 Å². The lowest BCUT2D eigenvalue weighted by Crippen LogP contribution is -2.45. The van der Waals surface area contributed by atoms with Crippen LogP contribution in [0.25, 0.3) is 5.70 Å². The maximum absolute atomic E-state index is 11.2. The van der Waals surface area contributed by atoms with Crippen molar-refractivity contribution in [2.24, 2.45) is 0 Å². The highest BCUT2D eigenvalue weighted by Crippen LogP contribution is 2.19. The van der Waals surface area contributed by atoms with Crippen LogP contribution in [0.4, 0.5) is 0 Å². The zero-order chi connectivity index (χ0) is 17.2. The predicted octanol–water partition coefficient (Wildman–Crippen LogP) is 1.65. The van der Waals surface area contributed by atoms with Crippen molar-refractivity contribution in [3.05, 3.63) is 31.1 Å². The number of methoxy groups -OCH3 is 1. The van der Waals surface area contributed by atoms with Crippen LogP contribution in [0.5, 0.6) is 5.75 Å². The molecule has 7 nitrogen and oxygen atoms in total. The Labute approximate surface area is 137 Å². The van der Waals surface area contributed by atoms with Crippen LogP contribution in [0.15, 0.2) is 31.1 Å². The van der Waals surface area contributed by atoms with Crippen LogP contribution < -0.4 is 4.74 Å². The number of hydroxylamine groups is 2. The first-order valence-corrected chi connectivity index (χ1v) is 7.63. The van der Waals surface area contributed by atoms with E-state index < -0.39 is 0 Å². The van der Waals surface area contributed by atoms with Gasteiger partial charge in [0.15, 0.2) is 5.75 Å². The highest BCUT2D eigenvalue weighted by atomic mass is 16.7. The SMILES string of the molecule is C=CCON(C=O)C1C=C(n2cc(OC)cn2)CN(C)C1.CC.